The molecule has 2 aromatic rings. The Morgan fingerprint density at radius 2 is 2.18 bits per heavy atom. The minimum atomic E-state index is -0.839. The molecular weight excluding hydrogens is 218 g/mol. The number of nitrogens with two attached hydrogens (primary N) is 1. The number of fused-ring (bicyclic) bond motifs is 1. The lowest BCUT2D eigenvalue weighted by atomic mass is 10.0. The van der Waals surface area contributed by atoms with Gasteiger partial charge in [-0.05, 0) is 25.0 Å². The Bertz CT molecular complexity index is 545. The monoisotopic (exact) mass is 233 g/mol. The Kier molecular flexibility index (Phi) is 3.15. The zero-order valence-electron chi connectivity index (χ0n) is 9.64. The van der Waals surface area contributed by atoms with Gasteiger partial charge < -0.3 is 15.3 Å². The van der Waals surface area contributed by atoms with Crippen molar-refractivity contribution in [3.63, 3.8) is 0 Å². The van der Waals surface area contributed by atoms with Crippen LogP contribution in [0.15, 0.2) is 28.7 Å². The van der Waals surface area contributed by atoms with Crippen LogP contribution in [0.25, 0.3) is 11.0 Å². The van der Waals surface area contributed by atoms with Crippen molar-refractivity contribution in [2.75, 3.05) is 0 Å². The molecule has 0 aliphatic heterocycles. The Hall–Kier alpha value is -1.81. The lowest BCUT2D eigenvalue weighted by molar-refractivity contribution is -0.137. The van der Waals surface area contributed by atoms with Gasteiger partial charge >= 0.3 is 5.97 Å². The summed E-state index contributed by atoms with van der Waals surface area (Å²) in [5.41, 5.74) is 7.75. The zero-order valence-corrected chi connectivity index (χ0v) is 9.64. The number of hydrogen-bond acceptors (Lipinski definition) is 3. The lowest BCUT2D eigenvalue weighted by Crippen LogP contribution is -2.12. The summed E-state index contributed by atoms with van der Waals surface area (Å²) >= 11 is 0. The fraction of sp³-hybridized carbons (Fsp3) is 0.308. The van der Waals surface area contributed by atoms with E-state index in [-0.39, 0.29) is 12.5 Å². The van der Waals surface area contributed by atoms with Crippen molar-refractivity contribution in [2.45, 2.75) is 25.8 Å². The van der Waals surface area contributed by atoms with Gasteiger partial charge in [0.2, 0.25) is 0 Å². The average Bonchev–Trinajstić information content (AvgIpc) is 2.64. The molecule has 0 amide bonds. The Morgan fingerprint density at radius 1 is 1.47 bits per heavy atom. The molecule has 1 unspecified atom stereocenters. The third-order valence-corrected chi connectivity index (χ3v) is 2.89. The van der Waals surface area contributed by atoms with Crippen LogP contribution in [-0.2, 0) is 4.79 Å². The van der Waals surface area contributed by atoms with Crippen molar-refractivity contribution in [2.24, 2.45) is 5.73 Å². The molecule has 0 bridgehead atoms. The van der Waals surface area contributed by atoms with E-state index in [1.54, 1.807) is 0 Å². The predicted molar refractivity (Wildman–Crippen MR) is 64.7 cm³/mol. The highest BCUT2D eigenvalue weighted by Gasteiger charge is 2.17. The summed E-state index contributed by atoms with van der Waals surface area (Å²) in [5.74, 6) is -0.151. The van der Waals surface area contributed by atoms with Gasteiger partial charge in [-0.15, -0.1) is 0 Å². The molecule has 2 rings (SSSR count). The second-order valence-corrected chi connectivity index (χ2v) is 4.13. The van der Waals surface area contributed by atoms with E-state index >= 15 is 0 Å². The molecule has 4 nitrogen and oxygen atoms in total. The van der Waals surface area contributed by atoms with E-state index in [9.17, 15) is 4.79 Å². The van der Waals surface area contributed by atoms with E-state index in [4.69, 9.17) is 15.3 Å². The number of rotatable bonds is 4. The highest BCUT2D eigenvalue weighted by molar-refractivity contribution is 5.82. The molecule has 0 saturated carbocycles. The van der Waals surface area contributed by atoms with Gasteiger partial charge in [0.05, 0.1) is 6.04 Å². The molecule has 4 heteroatoms. The van der Waals surface area contributed by atoms with E-state index in [0.717, 1.165) is 16.5 Å². The van der Waals surface area contributed by atoms with Crippen molar-refractivity contribution in [3.05, 3.63) is 35.6 Å². The number of carboxylic acids is 1. The number of benzene rings is 1. The minimum Gasteiger partial charge on any atom is -0.481 e. The summed E-state index contributed by atoms with van der Waals surface area (Å²) in [6.07, 6.45) is 0.438. The topological polar surface area (TPSA) is 76.5 Å². The standard InChI is InChI=1S/C13H15NO3/c1-8-9-4-2-3-5-11(9)17-13(8)10(14)6-7-12(15)16/h2-5,10H,6-7,14H2,1H3,(H,15,16). The summed E-state index contributed by atoms with van der Waals surface area (Å²) < 4.78 is 5.67. The molecule has 1 atom stereocenters. The summed E-state index contributed by atoms with van der Waals surface area (Å²) in [6.45, 7) is 1.95. The van der Waals surface area contributed by atoms with Crippen LogP contribution in [0, 0.1) is 6.92 Å². The quantitative estimate of drug-likeness (QED) is 0.851. The first-order valence-electron chi connectivity index (χ1n) is 5.55. The molecule has 1 aromatic carbocycles. The van der Waals surface area contributed by atoms with E-state index in [1.807, 2.05) is 31.2 Å². The molecule has 0 radical (unpaired) electrons. The van der Waals surface area contributed by atoms with Gasteiger partial charge in [0.15, 0.2) is 0 Å². The second kappa shape index (κ2) is 4.59. The Labute approximate surface area is 99.0 Å². The first-order valence-corrected chi connectivity index (χ1v) is 5.55. The van der Waals surface area contributed by atoms with Gasteiger partial charge in [0.25, 0.3) is 0 Å². The van der Waals surface area contributed by atoms with Crippen molar-refractivity contribution in [1.82, 2.24) is 0 Å². The van der Waals surface area contributed by atoms with Gasteiger partial charge in [-0.2, -0.15) is 0 Å². The first kappa shape index (κ1) is 11.7. The van der Waals surface area contributed by atoms with Crippen LogP contribution in [0.3, 0.4) is 0 Å². The van der Waals surface area contributed by atoms with E-state index in [0.29, 0.717) is 12.2 Å². The molecule has 1 aromatic heterocycles. The highest BCUT2D eigenvalue weighted by Crippen LogP contribution is 2.29. The van der Waals surface area contributed by atoms with Crippen molar-refractivity contribution in [1.29, 1.82) is 0 Å². The minimum absolute atomic E-state index is 0.0532. The van der Waals surface area contributed by atoms with E-state index in [1.165, 1.54) is 0 Å². The van der Waals surface area contributed by atoms with Gasteiger partial charge in [-0.3, -0.25) is 4.79 Å². The van der Waals surface area contributed by atoms with Crippen LogP contribution in [0.4, 0.5) is 0 Å². The van der Waals surface area contributed by atoms with Crippen LogP contribution in [-0.4, -0.2) is 11.1 Å². The molecule has 0 spiro atoms. The van der Waals surface area contributed by atoms with Crippen molar-refractivity contribution >= 4 is 16.9 Å². The molecule has 1 heterocycles. The summed E-state index contributed by atoms with van der Waals surface area (Å²) in [7, 11) is 0. The van der Waals surface area contributed by atoms with Crippen LogP contribution in [0.5, 0.6) is 0 Å². The number of furan rings is 1. The van der Waals surface area contributed by atoms with Gasteiger partial charge in [0, 0.05) is 11.8 Å². The Balaban J connectivity index is 2.29. The number of aliphatic carboxylic acids is 1. The van der Waals surface area contributed by atoms with Gasteiger partial charge in [-0.25, -0.2) is 0 Å². The van der Waals surface area contributed by atoms with Crippen LogP contribution in [0.1, 0.15) is 30.2 Å². The third kappa shape index (κ3) is 2.31. The van der Waals surface area contributed by atoms with Gasteiger partial charge in [-0.1, -0.05) is 18.2 Å². The molecule has 0 fully saturated rings. The van der Waals surface area contributed by atoms with E-state index in [2.05, 4.69) is 0 Å². The van der Waals surface area contributed by atoms with Crippen LogP contribution >= 0.6 is 0 Å². The predicted octanol–water partition coefficient (Wildman–Crippen LogP) is 2.61. The maximum atomic E-state index is 10.5. The smallest absolute Gasteiger partial charge is 0.303 e. The lowest BCUT2D eigenvalue weighted by Gasteiger charge is -2.07. The number of para-hydroxylation sites is 1. The van der Waals surface area contributed by atoms with Crippen LogP contribution < -0.4 is 5.73 Å². The molecule has 0 aliphatic rings. The van der Waals surface area contributed by atoms with E-state index < -0.39 is 5.97 Å². The molecule has 3 N–H and O–H groups in total. The largest absolute Gasteiger partial charge is 0.481 e. The fourth-order valence-electron chi connectivity index (χ4n) is 1.96. The second-order valence-electron chi connectivity index (χ2n) is 4.13. The normalized spacial score (nSPS) is 12.8. The highest BCUT2D eigenvalue weighted by atomic mass is 16.4. The fourth-order valence-corrected chi connectivity index (χ4v) is 1.96. The van der Waals surface area contributed by atoms with Crippen molar-refractivity contribution < 1.29 is 14.3 Å². The summed E-state index contributed by atoms with van der Waals surface area (Å²) in [5, 5.41) is 9.67. The number of carbonyl (C=O) groups is 1. The maximum Gasteiger partial charge on any atom is 0.303 e. The average molecular weight is 233 g/mol. The molecule has 90 valence electrons. The molecule has 0 saturated heterocycles. The third-order valence-electron chi connectivity index (χ3n) is 2.89. The summed E-state index contributed by atoms with van der Waals surface area (Å²) in [4.78, 5) is 10.5. The number of carboxylic acid groups (broad SMARTS) is 1. The zero-order chi connectivity index (χ0) is 12.4. The number of hydrogen-bond donors (Lipinski definition) is 2. The maximum absolute atomic E-state index is 10.5. The number of aryl methyl sites for hydroxylation is 1. The van der Waals surface area contributed by atoms with Crippen LogP contribution in [0.2, 0.25) is 0 Å². The van der Waals surface area contributed by atoms with Gasteiger partial charge in [0.1, 0.15) is 11.3 Å². The molecular formula is C13H15NO3. The Morgan fingerprint density at radius 3 is 2.82 bits per heavy atom. The SMILES string of the molecule is Cc1c(C(N)CCC(=O)O)oc2ccccc12. The molecule has 17 heavy (non-hydrogen) atoms. The molecule has 0 aliphatic carbocycles. The van der Waals surface area contributed by atoms with Crippen molar-refractivity contribution in [3.8, 4) is 0 Å². The summed E-state index contributed by atoms with van der Waals surface area (Å²) in [6, 6.07) is 7.34. The first-order chi connectivity index (χ1) is 8.09.